The molecule has 0 aromatic heterocycles. The van der Waals surface area contributed by atoms with Crippen LogP contribution < -0.4 is 5.32 Å². The predicted molar refractivity (Wildman–Crippen MR) is 78.7 cm³/mol. The van der Waals surface area contributed by atoms with Crippen molar-refractivity contribution in [3.63, 3.8) is 0 Å². The van der Waals surface area contributed by atoms with E-state index in [4.69, 9.17) is 4.74 Å². The van der Waals surface area contributed by atoms with E-state index in [1.165, 1.54) is 0 Å². The SMILES string of the molecule is CCC(C)(C)NC(=O)COC(=O)c1ccc(C)c(C)c1. The van der Waals surface area contributed by atoms with Gasteiger partial charge in [-0.2, -0.15) is 0 Å². The van der Waals surface area contributed by atoms with Gasteiger partial charge in [-0.05, 0) is 57.4 Å². The number of benzene rings is 1. The minimum absolute atomic E-state index is 0.255. The summed E-state index contributed by atoms with van der Waals surface area (Å²) in [6.45, 7) is 9.50. The summed E-state index contributed by atoms with van der Waals surface area (Å²) >= 11 is 0. The first-order valence-corrected chi connectivity index (χ1v) is 6.80. The van der Waals surface area contributed by atoms with Crippen molar-refractivity contribution < 1.29 is 14.3 Å². The molecule has 0 spiro atoms. The van der Waals surface area contributed by atoms with E-state index in [1.807, 2.05) is 40.7 Å². The molecule has 0 unspecified atom stereocenters. The molecule has 4 nitrogen and oxygen atoms in total. The topological polar surface area (TPSA) is 55.4 Å². The lowest BCUT2D eigenvalue weighted by molar-refractivity contribution is -0.125. The van der Waals surface area contributed by atoms with Crippen molar-refractivity contribution in [2.45, 2.75) is 46.6 Å². The molecule has 0 bridgehead atoms. The van der Waals surface area contributed by atoms with Gasteiger partial charge in [0.2, 0.25) is 0 Å². The van der Waals surface area contributed by atoms with Crippen LogP contribution in [0.2, 0.25) is 0 Å². The van der Waals surface area contributed by atoms with E-state index >= 15 is 0 Å². The third kappa shape index (κ3) is 4.68. The third-order valence-electron chi connectivity index (χ3n) is 3.44. The van der Waals surface area contributed by atoms with E-state index in [9.17, 15) is 9.59 Å². The number of ether oxygens (including phenoxy) is 1. The van der Waals surface area contributed by atoms with E-state index in [0.29, 0.717) is 5.56 Å². The summed E-state index contributed by atoms with van der Waals surface area (Å²) in [5, 5.41) is 2.82. The molecule has 0 aliphatic heterocycles. The molecule has 0 atom stereocenters. The first-order chi connectivity index (χ1) is 9.25. The molecule has 1 rings (SSSR count). The summed E-state index contributed by atoms with van der Waals surface area (Å²) in [4.78, 5) is 23.5. The molecule has 1 aromatic rings. The molecular weight excluding hydrogens is 254 g/mol. The van der Waals surface area contributed by atoms with Crippen LogP contribution in [0.4, 0.5) is 0 Å². The van der Waals surface area contributed by atoms with Crippen LogP contribution in [-0.4, -0.2) is 24.0 Å². The molecule has 110 valence electrons. The third-order valence-corrected chi connectivity index (χ3v) is 3.44. The molecule has 0 fully saturated rings. The van der Waals surface area contributed by atoms with Crippen LogP contribution in [0.3, 0.4) is 0 Å². The number of esters is 1. The highest BCUT2D eigenvalue weighted by molar-refractivity contribution is 5.91. The van der Waals surface area contributed by atoms with E-state index in [0.717, 1.165) is 17.5 Å². The van der Waals surface area contributed by atoms with Gasteiger partial charge in [-0.25, -0.2) is 4.79 Å². The quantitative estimate of drug-likeness (QED) is 0.842. The van der Waals surface area contributed by atoms with Crippen molar-refractivity contribution in [2.75, 3.05) is 6.61 Å². The predicted octanol–water partition coefficient (Wildman–Crippen LogP) is 2.77. The van der Waals surface area contributed by atoms with Crippen LogP contribution in [0.25, 0.3) is 0 Å². The Hall–Kier alpha value is -1.84. The summed E-state index contributed by atoms with van der Waals surface area (Å²) in [6.07, 6.45) is 0.809. The molecule has 0 heterocycles. The van der Waals surface area contributed by atoms with Crippen molar-refractivity contribution in [3.05, 3.63) is 34.9 Å². The molecule has 0 aliphatic carbocycles. The molecule has 0 radical (unpaired) electrons. The van der Waals surface area contributed by atoms with E-state index in [1.54, 1.807) is 12.1 Å². The van der Waals surface area contributed by atoms with E-state index in [2.05, 4.69) is 5.32 Å². The molecule has 0 saturated carbocycles. The number of carbonyl (C=O) groups excluding carboxylic acids is 2. The summed E-state index contributed by atoms with van der Waals surface area (Å²) in [5.74, 6) is -0.758. The second-order valence-corrected chi connectivity index (χ2v) is 5.66. The zero-order chi connectivity index (χ0) is 15.3. The average Bonchev–Trinajstić information content (AvgIpc) is 2.38. The van der Waals surface area contributed by atoms with Gasteiger partial charge in [-0.1, -0.05) is 13.0 Å². The summed E-state index contributed by atoms with van der Waals surface area (Å²) in [5.41, 5.74) is 2.32. The Morgan fingerprint density at radius 3 is 2.40 bits per heavy atom. The second-order valence-electron chi connectivity index (χ2n) is 5.66. The molecular formula is C16H23NO3. The normalized spacial score (nSPS) is 11.1. The number of nitrogens with one attached hydrogen (secondary N) is 1. The van der Waals surface area contributed by atoms with Crippen molar-refractivity contribution in [1.29, 1.82) is 0 Å². The van der Waals surface area contributed by atoms with Gasteiger partial charge in [-0.15, -0.1) is 0 Å². The fourth-order valence-electron chi connectivity index (χ4n) is 1.58. The maximum Gasteiger partial charge on any atom is 0.338 e. The molecule has 4 heteroatoms. The number of rotatable bonds is 5. The van der Waals surface area contributed by atoms with Crippen molar-refractivity contribution >= 4 is 11.9 Å². The molecule has 0 aliphatic rings. The zero-order valence-electron chi connectivity index (χ0n) is 12.9. The molecule has 1 N–H and O–H groups in total. The largest absolute Gasteiger partial charge is 0.452 e. The lowest BCUT2D eigenvalue weighted by Gasteiger charge is -2.24. The number of hydrogen-bond acceptors (Lipinski definition) is 3. The molecule has 1 aromatic carbocycles. The maximum absolute atomic E-state index is 11.8. The lowest BCUT2D eigenvalue weighted by atomic mass is 10.0. The fraction of sp³-hybridized carbons (Fsp3) is 0.500. The molecule has 20 heavy (non-hydrogen) atoms. The van der Waals surface area contributed by atoms with Crippen LogP contribution in [-0.2, 0) is 9.53 Å². The van der Waals surface area contributed by atoms with Crippen LogP contribution in [0, 0.1) is 13.8 Å². The second kappa shape index (κ2) is 6.55. The first kappa shape index (κ1) is 16.2. The highest BCUT2D eigenvalue weighted by Gasteiger charge is 2.19. The Morgan fingerprint density at radius 1 is 1.20 bits per heavy atom. The Morgan fingerprint density at radius 2 is 1.85 bits per heavy atom. The van der Waals surface area contributed by atoms with Gasteiger partial charge in [0.15, 0.2) is 6.61 Å². The maximum atomic E-state index is 11.8. The Labute approximate surface area is 120 Å². The van der Waals surface area contributed by atoms with Crippen molar-refractivity contribution in [1.82, 2.24) is 5.32 Å². The minimum Gasteiger partial charge on any atom is -0.452 e. The van der Waals surface area contributed by atoms with Gasteiger partial charge < -0.3 is 10.1 Å². The van der Waals surface area contributed by atoms with Crippen molar-refractivity contribution in [3.8, 4) is 0 Å². The monoisotopic (exact) mass is 277 g/mol. The Balaban J connectivity index is 2.55. The average molecular weight is 277 g/mol. The highest BCUT2D eigenvalue weighted by atomic mass is 16.5. The van der Waals surface area contributed by atoms with Crippen LogP contribution in [0.15, 0.2) is 18.2 Å². The first-order valence-electron chi connectivity index (χ1n) is 6.80. The number of aryl methyl sites for hydroxylation is 2. The smallest absolute Gasteiger partial charge is 0.338 e. The lowest BCUT2D eigenvalue weighted by Crippen LogP contribution is -2.44. The van der Waals surface area contributed by atoms with Crippen LogP contribution in [0.5, 0.6) is 0 Å². The van der Waals surface area contributed by atoms with Gasteiger partial charge in [0.05, 0.1) is 5.56 Å². The molecule has 0 saturated heterocycles. The zero-order valence-corrected chi connectivity index (χ0v) is 12.9. The van der Waals surface area contributed by atoms with Crippen molar-refractivity contribution in [2.24, 2.45) is 0 Å². The highest BCUT2D eigenvalue weighted by Crippen LogP contribution is 2.11. The minimum atomic E-state index is -0.474. The summed E-state index contributed by atoms with van der Waals surface area (Å²) in [7, 11) is 0. The fourth-order valence-corrected chi connectivity index (χ4v) is 1.58. The number of amides is 1. The Kier molecular flexibility index (Phi) is 5.31. The van der Waals surface area contributed by atoms with Gasteiger partial charge in [0, 0.05) is 5.54 Å². The summed E-state index contributed by atoms with van der Waals surface area (Å²) in [6, 6.07) is 5.34. The molecule has 1 amide bonds. The number of hydrogen-bond donors (Lipinski definition) is 1. The van der Waals surface area contributed by atoms with Crippen LogP contribution >= 0.6 is 0 Å². The van der Waals surface area contributed by atoms with E-state index < -0.39 is 5.97 Å². The Bertz CT molecular complexity index is 506. The number of carbonyl (C=O) groups is 2. The summed E-state index contributed by atoms with van der Waals surface area (Å²) < 4.78 is 5.02. The van der Waals surface area contributed by atoms with Gasteiger partial charge in [0.1, 0.15) is 0 Å². The van der Waals surface area contributed by atoms with Gasteiger partial charge >= 0.3 is 5.97 Å². The standard InChI is InChI=1S/C16H23NO3/c1-6-16(4,5)17-14(18)10-20-15(19)13-8-7-11(2)12(3)9-13/h7-9H,6,10H2,1-5H3,(H,17,18). The van der Waals surface area contributed by atoms with Gasteiger partial charge in [-0.3, -0.25) is 4.79 Å². The van der Waals surface area contributed by atoms with Crippen LogP contribution in [0.1, 0.15) is 48.7 Å². The van der Waals surface area contributed by atoms with Gasteiger partial charge in [0.25, 0.3) is 5.91 Å². The van der Waals surface area contributed by atoms with E-state index in [-0.39, 0.29) is 18.1 Å².